The molecular formula is C17H24BrFN4O2. The minimum absolute atomic E-state index is 0.0483. The third kappa shape index (κ3) is 5.15. The first-order valence-electron chi connectivity index (χ1n) is 8.12. The number of ether oxygens (including phenoxy) is 1. The molecule has 25 heavy (non-hydrogen) atoms. The van der Waals surface area contributed by atoms with Gasteiger partial charge in [0.2, 0.25) is 5.91 Å². The highest BCUT2D eigenvalue weighted by atomic mass is 79.9. The van der Waals surface area contributed by atoms with Crippen molar-refractivity contribution in [3.8, 4) is 0 Å². The minimum atomic E-state index is -0.219. The summed E-state index contributed by atoms with van der Waals surface area (Å²) in [5, 5.41) is 3.20. The second-order valence-electron chi connectivity index (χ2n) is 6.01. The summed E-state index contributed by atoms with van der Waals surface area (Å²) < 4.78 is 20.2. The van der Waals surface area contributed by atoms with E-state index in [9.17, 15) is 9.18 Å². The summed E-state index contributed by atoms with van der Waals surface area (Å²) in [6.45, 7) is 2.24. The van der Waals surface area contributed by atoms with Crippen LogP contribution in [0.1, 0.15) is 11.1 Å². The Bertz CT molecular complexity index is 652. The van der Waals surface area contributed by atoms with Crippen molar-refractivity contribution in [2.45, 2.75) is 13.0 Å². The Balaban J connectivity index is 2.18. The molecular weight excluding hydrogens is 391 g/mol. The fraction of sp³-hybridized carbons (Fsp3) is 0.529. The molecule has 1 aromatic carbocycles. The summed E-state index contributed by atoms with van der Waals surface area (Å²) in [7, 11) is 5.01. The van der Waals surface area contributed by atoms with Crippen molar-refractivity contribution in [2.75, 3.05) is 47.4 Å². The van der Waals surface area contributed by atoms with Gasteiger partial charge in [0.15, 0.2) is 5.96 Å². The van der Waals surface area contributed by atoms with E-state index in [0.29, 0.717) is 44.2 Å². The first-order valence-corrected chi connectivity index (χ1v) is 8.91. The SMILES string of the molecule is COCCNC(=NCC(=O)N(C)C)N1CCc2c(Br)ccc(F)c2C1. The number of carbonyl (C=O) groups excluding carboxylic acids is 1. The molecule has 1 amide bonds. The Morgan fingerprint density at radius 2 is 2.20 bits per heavy atom. The highest BCUT2D eigenvalue weighted by molar-refractivity contribution is 9.10. The average molecular weight is 415 g/mol. The van der Waals surface area contributed by atoms with Crippen LogP contribution in [-0.4, -0.2) is 69.1 Å². The van der Waals surface area contributed by atoms with Gasteiger partial charge in [0.1, 0.15) is 12.4 Å². The number of nitrogens with one attached hydrogen (secondary N) is 1. The molecule has 1 heterocycles. The van der Waals surface area contributed by atoms with E-state index in [1.165, 1.54) is 11.0 Å². The van der Waals surface area contributed by atoms with Crippen LogP contribution in [0.4, 0.5) is 4.39 Å². The standard InChI is InChI=1S/C17H24BrFN4O2/c1-22(2)16(24)10-21-17(20-7-9-25-3)23-8-6-12-13(11-23)15(19)5-4-14(12)18/h4-5H,6-11H2,1-3H3,(H,20,21). The van der Waals surface area contributed by atoms with E-state index in [0.717, 1.165) is 10.0 Å². The van der Waals surface area contributed by atoms with Gasteiger partial charge in [-0.25, -0.2) is 9.38 Å². The molecule has 0 spiro atoms. The first-order chi connectivity index (χ1) is 11.9. The molecule has 6 nitrogen and oxygen atoms in total. The van der Waals surface area contributed by atoms with Crippen molar-refractivity contribution in [2.24, 2.45) is 4.99 Å². The number of methoxy groups -OCH3 is 1. The van der Waals surface area contributed by atoms with Crippen molar-refractivity contribution in [3.63, 3.8) is 0 Å². The number of hydrogen-bond donors (Lipinski definition) is 1. The van der Waals surface area contributed by atoms with E-state index in [4.69, 9.17) is 4.74 Å². The van der Waals surface area contributed by atoms with Gasteiger partial charge >= 0.3 is 0 Å². The fourth-order valence-electron chi connectivity index (χ4n) is 2.59. The second-order valence-corrected chi connectivity index (χ2v) is 6.86. The van der Waals surface area contributed by atoms with Gasteiger partial charge in [-0.05, 0) is 24.1 Å². The third-order valence-electron chi connectivity index (χ3n) is 4.05. The molecule has 138 valence electrons. The molecule has 1 aliphatic rings. The largest absolute Gasteiger partial charge is 0.383 e. The first kappa shape index (κ1) is 19.7. The molecule has 0 radical (unpaired) electrons. The van der Waals surface area contributed by atoms with Crippen LogP contribution in [0.5, 0.6) is 0 Å². The molecule has 1 N–H and O–H groups in total. The number of fused-ring (bicyclic) bond motifs is 1. The predicted octanol–water partition coefficient (Wildman–Crippen LogP) is 1.63. The van der Waals surface area contributed by atoms with E-state index in [2.05, 4.69) is 26.2 Å². The number of hydrogen-bond acceptors (Lipinski definition) is 3. The monoisotopic (exact) mass is 414 g/mol. The number of nitrogens with zero attached hydrogens (tertiary/aromatic N) is 3. The Morgan fingerprint density at radius 3 is 2.88 bits per heavy atom. The Labute approximate surface area is 156 Å². The molecule has 0 aliphatic carbocycles. The van der Waals surface area contributed by atoms with E-state index in [1.807, 2.05) is 4.90 Å². The van der Waals surface area contributed by atoms with Crippen molar-refractivity contribution < 1.29 is 13.9 Å². The number of benzene rings is 1. The zero-order valence-electron chi connectivity index (χ0n) is 14.8. The summed E-state index contributed by atoms with van der Waals surface area (Å²) in [6.07, 6.45) is 0.709. The molecule has 0 bridgehead atoms. The zero-order chi connectivity index (χ0) is 18.4. The molecule has 0 atom stereocenters. The van der Waals surface area contributed by atoms with Crippen molar-refractivity contribution in [1.29, 1.82) is 0 Å². The fourth-order valence-corrected chi connectivity index (χ4v) is 3.16. The van der Waals surface area contributed by atoms with Crippen LogP contribution >= 0.6 is 15.9 Å². The van der Waals surface area contributed by atoms with Gasteiger partial charge in [-0.1, -0.05) is 15.9 Å². The lowest BCUT2D eigenvalue weighted by Gasteiger charge is -2.32. The van der Waals surface area contributed by atoms with Gasteiger partial charge in [-0.2, -0.15) is 0 Å². The third-order valence-corrected chi connectivity index (χ3v) is 4.79. The molecule has 2 rings (SSSR count). The van der Waals surface area contributed by atoms with Gasteiger partial charge < -0.3 is 19.9 Å². The summed E-state index contributed by atoms with van der Waals surface area (Å²) in [5.74, 6) is 0.290. The topological polar surface area (TPSA) is 57.2 Å². The van der Waals surface area contributed by atoms with E-state index < -0.39 is 0 Å². The smallest absolute Gasteiger partial charge is 0.243 e. The lowest BCUT2D eigenvalue weighted by atomic mass is 9.99. The van der Waals surface area contributed by atoms with E-state index in [-0.39, 0.29) is 18.3 Å². The zero-order valence-corrected chi connectivity index (χ0v) is 16.4. The molecule has 8 heteroatoms. The molecule has 0 unspecified atom stereocenters. The molecule has 1 aliphatic heterocycles. The number of guanidine groups is 1. The van der Waals surface area contributed by atoms with Crippen molar-refractivity contribution in [3.05, 3.63) is 33.5 Å². The maximum atomic E-state index is 14.2. The predicted molar refractivity (Wildman–Crippen MR) is 99.1 cm³/mol. The molecule has 1 aromatic rings. The van der Waals surface area contributed by atoms with Crippen LogP contribution in [0.3, 0.4) is 0 Å². The molecule has 0 saturated heterocycles. The number of rotatable bonds is 5. The van der Waals surface area contributed by atoms with Gasteiger partial charge in [0.05, 0.1) is 6.61 Å². The quantitative estimate of drug-likeness (QED) is 0.451. The Kier molecular flexibility index (Phi) is 7.19. The van der Waals surface area contributed by atoms with Gasteiger partial charge in [-0.3, -0.25) is 4.79 Å². The number of amides is 1. The highest BCUT2D eigenvalue weighted by Gasteiger charge is 2.23. The van der Waals surface area contributed by atoms with Crippen LogP contribution in [0.2, 0.25) is 0 Å². The highest BCUT2D eigenvalue weighted by Crippen LogP contribution is 2.28. The summed E-state index contributed by atoms with van der Waals surface area (Å²) >= 11 is 3.49. The van der Waals surface area contributed by atoms with E-state index in [1.54, 1.807) is 27.3 Å². The Morgan fingerprint density at radius 1 is 1.44 bits per heavy atom. The van der Waals surface area contributed by atoms with Crippen molar-refractivity contribution in [1.82, 2.24) is 15.1 Å². The number of aliphatic imine (C=N–C) groups is 1. The molecule has 0 fully saturated rings. The van der Waals surface area contributed by atoms with Gasteiger partial charge in [0.25, 0.3) is 0 Å². The lowest BCUT2D eigenvalue weighted by molar-refractivity contribution is -0.127. The maximum absolute atomic E-state index is 14.2. The number of likely N-dealkylation sites (N-methyl/N-ethyl adjacent to an activating group) is 1. The summed E-state index contributed by atoms with van der Waals surface area (Å²) in [4.78, 5) is 19.7. The summed E-state index contributed by atoms with van der Waals surface area (Å²) in [6, 6.07) is 3.21. The van der Waals surface area contributed by atoms with Crippen LogP contribution in [-0.2, 0) is 22.5 Å². The van der Waals surface area contributed by atoms with Crippen molar-refractivity contribution >= 4 is 27.8 Å². The molecule has 0 aromatic heterocycles. The van der Waals surface area contributed by atoms with Crippen LogP contribution < -0.4 is 5.32 Å². The number of halogens is 2. The molecule has 0 saturated carbocycles. The van der Waals surface area contributed by atoms with E-state index >= 15 is 0 Å². The maximum Gasteiger partial charge on any atom is 0.243 e. The van der Waals surface area contributed by atoms with Crippen LogP contribution in [0.15, 0.2) is 21.6 Å². The van der Waals surface area contributed by atoms with Gasteiger partial charge in [0, 0.05) is 50.9 Å². The number of carbonyl (C=O) groups is 1. The van der Waals surface area contributed by atoms with Crippen LogP contribution in [0, 0.1) is 5.82 Å². The van der Waals surface area contributed by atoms with Crippen LogP contribution in [0.25, 0.3) is 0 Å². The lowest BCUT2D eigenvalue weighted by Crippen LogP contribution is -2.45. The normalized spacial score (nSPS) is 14.3. The average Bonchev–Trinajstić information content (AvgIpc) is 2.60. The summed E-state index contributed by atoms with van der Waals surface area (Å²) in [5.41, 5.74) is 1.66. The second kappa shape index (κ2) is 9.15. The minimum Gasteiger partial charge on any atom is -0.383 e. The van der Waals surface area contributed by atoms with Gasteiger partial charge in [-0.15, -0.1) is 0 Å². The Hall–Kier alpha value is -1.67.